The molecule has 3 aromatic rings. The lowest BCUT2D eigenvalue weighted by Crippen LogP contribution is -2.56. The number of nitrogens with zero attached hydrogens (tertiary/aromatic N) is 3. The van der Waals surface area contributed by atoms with Gasteiger partial charge >= 0.3 is 0 Å². The Morgan fingerprint density at radius 1 is 1.27 bits per heavy atom. The topological polar surface area (TPSA) is 97.2 Å². The number of nitrogens with one attached hydrogen (secondary N) is 2. The van der Waals surface area contributed by atoms with Gasteiger partial charge in [-0.05, 0) is 30.7 Å². The third-order valence-corrected chi connectivity index (χ3v) is 5.81. The largest absolute Gasteiger partial charge is 0.493 e. The van der Waals surface area contributed by atoms with E-state index in [9.17, 15) is 9.59 Å². The summed E-state index contributed by atoms with van der Waals surface area (Å²) in [6.45, 7) is 3.95. The smallest absolute Gasteiger partial charge is 0.237 e. The first-order chi connectivity index (χ1) is 16.0. The Morgan fingerprint density at radius 2 is 2.12 bits per heavy atom. The molecule has 1 atom stereocenters. The molecule has 0 spiro atoms. The van der Waals surface area contributed by atoms with E-state index in [4.69, 9.17) is 9.47 Å². The van der Waals surface area contributed by atoms with Gasteiger partial charge in [-0.15, -0.1) is 0 Å². The number of fused-ring (bicyclic) bond motifs is 1. The van der Waals surface area contributed by atoms with E-state index in [-0.39, 0.29) is 18.2 Å². The highest BCUT2D eigenvalue weighted by Gasteiger charge is 2.32. The molecule has 2 aromatic heterocycles. The lowest BCUT2D eigenvalue weighted by atomic mass is 10.1. The number of carbonyl (C=O) groups excluding carboxylic acids is 2. The molecule has 0 saturated carbocycles. The Balaban J connectivity index is 1.42. The summed E-state index contributed by atoms with van der Waals surface area (Å²) >= 11 is 0. The second-order valence-electron chi connectivity index (χ2n) is 8.11. The normalized spacial score (nSPS) is 16.5. The van der Waals surface area contributed by atoms with Gasteiger partial charge in [-0.1, -0.05) is 12.1 Å². The van der Waals surface area contributed by atoms with Gasteiger partial charge in [0.1, 0.15) is 5.65 Å². The molecular weight excluding hydrogens is 422 g/mol. The zero-order valence-corrected chi connectivity index (χ0v) is 19.1. The summed E-state index contributed by atoms with van der Waals surface area (Å²) in [4.78, 5) is 31.9. The van der Waals surface area contributed by atoms with E-state index in [1.165, 1.54) is 0 Å². The zero-order valence-electron chi connectivity index (χ0n) is 19.1. The third kappa shape index (κ3) is 5.09. The number of aryl methyl sites for hydroxylation is 1. The van der Waals surface area contributed by atoms with Crippen LogP contribution in [0.2, 0.25) is 0 Å². The van der Waals surface area contributed by atoms with Gasteiger partial charge < -0.3 is 24.5 Å². The van der Waals surface area contributed by atoms with E-state index < -0.39 is 6.04 Å². The van der Waals surface area contributed by atoms with Crippen molar-refractivity contribution in [2.45, 2.75) is 32.5 Å². The SMILES string of the molecule is COc1cccc(CN2CCNC(=O)C2CC(=O)NCc2cn3ccc(C)cc3n2)c1OC. The molecule has 3 heterocycles. The van der Waals surface area contributed by atoms with Crippen LogP contribution < -0.4 is 20.1 Å². The maximum Gasteiger partial charge on any atom is 0.237 e. The minimum absolute atomic E-state index is 0.0601. The second-order valence-corrected chi connectivity index (χ2v) is 8.11. The number of hydrogen-bond acceptors (Lipinski definition) is 6. The van der Waals surface area contributed by atoms with Gasteiger partial charge in [0.05, 0.1) is 38.9 Å². The number of ether oxygens (including phenoxy) is 2. The molecule has 1 saturated heterocycles. The first-order valence-electron chi connectivity index (χ1n) is 10.9. The molecule has 174 valence electrons. The average molecular weight is 452 g/mol. The van der Waals surface area contributed by atoms with Crippen molar-refractivity contribution in [1.82, 2.24) is 24.9 Å². The molecule has 1 fully saturated rings. The van der Waals surface area contributed by atoms with E-state index >= 15 is 0 Å². The van der Waals surface area contributed by atoms with Crippen LogP contribution in [0.4, 0.5) is 0 Å². The molecular formula is C24H29N5O4. The van der Waals surface area contributed by atoms with Gasteiger partial charge in [0.15, 0.2) is 11.5 Å². The van der Waals surface area contributed by atoms with Crippen molar-refractivity contribution in [3.05, 3.63) is 59.5 Å². The highest BCUT2D eigenvalue weighted by atomic mass is 16.5. The van der Waals surface area contributed by atoms with Crippen LogP contribution in [-0.2, 0) is 22.7 Å². The summed E-state index contributed by atoms with van der Waals surface area (Å²) < 4.78 is 12.8. The lowest BCUT2D eigenvalue weighted by molar-refractivity contribution is -0.134. The van der Waals surface area contributed by atoms with Crippen molar-refractivity contribution in [2.24, 2.45) is 0 Å². The van der Waals surface area contributed by atoms with Crippen LogP contribution in [0.1, 0.15) is 23.2 Å². The number of para-hydroxylation sites is 1. The van der Waals surface area contributed by atoms with Crippen molar-refractivity contribution in [2.75, 3.05) is 27.3 Å². The number of pyridine rings is 1. The van der Waals surface area contributed by atoms with Gasteiger partial charge in [-0.25, -0.2) is 4.98 Å². The molecule has 33 heavy (non-hydrogen) atoms. The molecule has 1 unspecified atom stereocenters. The Morgan fingerprint density at radius 3 is 2.91 bits per heavy atom. The summed E-state index contributed by atoms with van der Waals surface area (Å²) in [6.07, 6.45) is 3.90. The van der Waals surface area contributed by atoms with Crippen LogP contribution in [0.25, 0.3) is 5.65 Å². The number of methoxy groups -OCH3 is 2. The number of amides is 2. The number of imidazole rings is 1. The summed E-state index contributed by atoms with van der Waals surface area (Å²) in [5.41, 5.74) is 3.63. The fourth-order valence-corrected chi connectivity index (χ4v) is 4.13. The maximum atomic E-state index is 12.7. The molecule has 2 N–H and O–H groups in total. The number of piperazine rings is 1. The molecule has 4 rings (SSSR count). The lowest BCUT2D eigenvalue weighted by Gasteiger charge is -2.35. The van der Waals surface area contributed by atoms with E-state index in [0.717, 1.165) is 22.5 Å². The van der Waals surface area contributed by atoms with Crippen molar-refractivity contribution >= 4 is 17.5 Å². The van der Waals surface area contributed by atoms with Crippen LogP contribution in [-0.4, -0.2) is 59.4 Å². The standard InChI is InChI=1S/C24H29N5O4/c1-16-7-9-29-15-18(27-21(29)11-16)13-26-22(30)12-19-24(31)25-8-10-28(19)14-17-5-4-6-20(32-2)23(17)33-3/h4-7,9,11,15,19H,8,10,12-14H2,1-3H3,(H,25,31)(H,26,30). The maximum absolute atomic E-state index is 12.7. The molecule has 0 aliphatic carbocycles. The van der Waals surface area contributed by atoms with E-state index in [1.807, 2.05) is 58.9 Å². The quantitative estimate of drug-likeness (QED) is 0.541. The van der Waals surface area contributed by atoms with E-state index in [2.05, 4.69) is 15.6 Å². The summed E-state index contributed by atoms with van der Waals surface area (Å²) in [7, 11) is 3.18. The predicted octanol–water partition coefficient (Wildman–Crippen LogP) is 1.67. The third-order valence-electron chi connectivity index (χ3n) is 5.81. The van der Waals surface area contributed by atoms with Crippen molar-refractivity contribution in [3.8, 4) is 11.5 Å². The fourth-order valence-electron chi connectivity index (χ4n) is 4.13. The second kappa shape index (κ2) is 9.91. The number of benzene rings is 1. The minimum Gasteiger partial charge on any atom is -0.493 e. The molecule has 9 heteroatoms. The van der Waals surface area contributed by atoms with Gasteiger partial charge in [0.2, 0.25) is 11.8 Å². The first-order valence-corrected chi connectivity index (χ1v) is 10.9. The molecule has 1 aliphatic rings. The molecule has 9 nitrogen and oxygen atoms in total. The fraction of sp³-hybridized carbons (Fsp3) is 0.375. The Kier molecular flexibility index (Phi) is 6.79. The van der Waals surface area contributed by atoms with Crippen molar-refractivity contribution in [1.29, 1.82) is 0 Å². The molecule has 1 aromatic carbocycles. The summed E-state index contributed by atoms with van der Waals surface area (Å²) in [5.74, 6) is 0.916. The van der Waals surface area contributed by atoms with Crippen molar-refractivity contribution in [3.63, 3.8) is 0 Å². The molecule has 1 aliphatic heterocycles. The zero-order chi connectivity index (χ0) is 23.4. The average Bonchev–Trinajstić information content (AvgIpc) is 3.21. The van der Waals surface area contributed by atoms with Crippen LogP contribution in [0.15, 0.2) is 42.7 Å². The first kappa shape index (κ1) is 22.6. The summed E-state index contributed by atoms with van der Waals surface area (Å²) in [6, 6.07) is 9.08. The molecule has 2 amide bonds. The minimum atomic E-state index is -0.571. The van der Waals surface area contributed by atoms with Crippen LogP contribution in [0.5, 0.6) is 11.5 Å². The molecule has 0 bridgehead atoms. The highest BCUT2D eigenvalue weighted by molar-refractivity contribution is 5.88. The van der Waals surface area contributed by atoms with Gasteiger partial charge in [-0.3, -0.25) is 14.5 Å². The number of carbonyl (C=O) groups is 2. The number of aromatic nitrogens is 2. The van der Waals surface area contributed by atoms with Crippen LogP contribution >= 0.6 is 0 Å². The van der Waals surface area contributed by atoms with Gasteiger partial charge in [0.25, 0.3) is 0 Å². The van der Waals surface area contributed by atoms with E-state index in [1.54, 1.807) is 14.2 Å². The number of hydrogen-bond donors (Lipinski definition) is 2. The van der Waals surface area contributed by atoms with Crippen LogP contribution in [0, 0.1) is 6.92 Å². The Bertz CT molecular complexity index is 1160. The Labute approximate surface area is 192 Å². The Hall–Kier alpha value is -3.59. The monoisotopic (exact) mass is 451 g/mol. The number of rotatable bonds is 8. The van der Waals surface area contributed by atoms with Crippen molar-refractivity contribution < 1.29 is 19.1 Å². The van der Waals surface area contributed by atoms with Crippen LogP contribution in [0.3, 0.4) is 0 Å². The predicted molar refractivity (Wildman–Crippen MR) is 123 cm³/mol. The highest BCUT2D eigenvalue weighted by Crippen LogP contribution is 2.32. The molecule has 0 radical (unpaired) electrons. The van der Waals surface area contributed by atoms with E-state index in [0.29, 0.717) is 37.7 Å². The summed E-state index contributed by atoms with van der Waals surface area (Å²) in [5, 5.41) is 5.77. The van der Waals surface area contributed by atoms with Gasteiger partial charge in [0, 0.05) is 37.6 Å². The van der Waals surface area contributed by atoms with Gasteiger partial charge in [-0.2, -0.15) is 0 Å².